The normalized spacial score (nSPS) is 19.9. The standard InChI is InChI=1S/C15H22N2O/c1-11-4-5-14(8-12(11)2)9-15-10-17(13(3)18)7-6-16-15/h4-5,8,15-16H,6-7,9-10H2,1-3H3. The summed E-state index contributed by atoms with van der Waals surface area (Å²) in [6, 6.07) is 7.00. The first-order valence-electron chi connectivity index (χ1n) is 6.61. The molecule has 1 amide bonds. The van der Waals surface area contributed by atoms with Gasteiger partial charge in [0.1, 0.15) is 0 Å². The molecule has 1 aliphatic heterocycles. The highest BCUT2D eigenvalue weighted by atomic mass is 16.2. The van der Waals surface area contributed by atoms with Crippen molar-refractivity contribution in [3.63, 3.8) is 0 Å². The third-order valence-electron chi connectivity index (χ3n) is 3.75. The van der Waals surface area contributed by atoms with Gasteiger partial charge in [-0.05, 0) is 37.0 Å². The van der Waals surface area contributed by atoms with E-state index in [2.05, 4.69) is 37.4 Å². The Kier molecular flexibility index (Phi) is 4.02. The smallest absolute Gasteiger partial charge is 0.219 e. The van der Waals surface area contributed by atoms with Crippen LogP contribution in [0.2, 0.25) is 0 Å². The lowest BCUT2D eigenvalue weighted by molar-refractivity contribution is -0.130. The van der Waals surface area contributed by atoms with Crippen LogP contribution in [-0.2, 0) is 11.2 Å². The minimum absolute atomic E-state index is 0.182. The fraction of sp³-hybridized carbons (Fsp3) is 0.533. The number of carbonyl (C=O) groups excluding carboxylic acids is 1. The van der Waals surface area contributed by atoms with Crippen LogP contribution in [0.3, 0.4) is 0 Å². The van der Waals surface area contributed by atoms with Gasteiger partial charge in [0.25, 0.3) is 0 Å². The number of carbonyl (C=O) groups is 1. The summed E-state index contributed by atoms with van der Waals surface area (Å²) in [6.07, 6.45) is 0.991. The molecule has 1 atom stereocenters. The molecule has 0 aromatic heterocycles. The Hall–Kier alpha value is -1.35. The summed E-state index contributed by atoms with van der Waals surface area (Å²) < 4.78 is 0. The molecule has 98 valence electrons. The lowest BCUT2D eigenvalue weighted by Gasteiger charge is -2.33. The van der Waals surface area contributed by atoms with Crippen LogP contribution in [0.4, 0.5) is 0 Å². The molecule has 1 aromatic carbocycles. The largest absolute Gasteiger partial charge is 0.340 e. The Bertz CT molecular complexity index is 442. The van der Waals surface area contributed by atoms with Crippen LogP contribution in [0, 0.1) is 13.8 Å². The van der Waals surface area contributed by atoms with E-state index in [4.69, 9.17) is 0 Å². The third kappa shape index (κ3) is 3.10. The highest BCUT2D eigenvalue weighted by Crippen LogP contribution is 2.13. The number of benzene rings is 1. The lowest BCUT2D eigenvalue weighted by Crippen LogP contribution is -2.52. The predicted molar refractivity (Wildman–Crippen MR) is 73.7 cm³/mol. The van der Waals surface area contributed by atoms with Gasteiger partial charge in [-0.1, -0.05) is 18.2 Å². The van der Waals surface area contributed by atoms with Crippen molar-refractivity contribution in [2.24, 2.45) is 0 Å². The number of nitrogens with zero attached hydrogens (tertiary/aromatic N) is 1. The van der Waals surface area contributed by atoms with E-state index >= 15 is 0 Å². The molecule has 3 nitrogen and oxygen atoms in total. The van der Waals surface area contributed by atoms with Crippen LogP contribution in [0.15, 0.2) is 18.2 Å². The molecule has 1 aliphatic rings. The molecule has 3 heteroatoms. The number of aryl methyl sites for hydroxylation is 2. The molecule has 1 saturated heterocycles. The first-order chi connectivity index (χ1) is 8.56. The number of amides is 1. The van der Waals surface area contributed by atoms with Crippen LogP contribution in [-0.4, -0.2) is 36.5 Å². The van der Waals surface area contributed by atoms with Crippen molar-refractivity contribution < 1.29 is 4.79 Å². The SMILES string of the molecule is CC(=O)N1CCNC(Cc2ccc(C)c(C)c2)C1. The zero-order valence-electron chi connectivity index (χ0n) is 11.5. The molecule has 1 heterocycles. The molecule has 1 N–H and O–H groups in total. The highest BCUT2D eigenvalue weighted by molar-refractivity contribution is 5.73. The van der Waals surface area contributed by atoms with Gasteiger partial charge in [0, 0.05) is 32.6 Å². The Balaban J connectivity index is 2.00. The van der Waals surface area contributed by atoms with Crippen molar-refractivity contribution in [2.45, 2.75) is 33.2 Å². The second-order valence-electron chi connectivity index (χ2n) is 5.24. The number of hydrogen-bond acceptors (Lipinski definition) is 2. The first kappa shape index (κ1) is 13.1. The van der Waals surface area contributed by atoms with E-state index in [1.165, 1.54) is 16.7 Å². The molecule has 1 aromatic rings. The number of rotatable bonds is 2. The Labute approximate surface area is 109 Å². The Morgan fingerprint density at radius 3 is 2.83 bits per heavy atom. The second kappa shape index (κ2) is 5.53. The molecule has 0 aliphatic carbocycles. The maximum absolute atomic E-state index is 11.4. The van der Waals surface area contributed by atoms with Gasteiger partial charge in [-0.2, -0.15) is 0 Å². The van der Waals surface area contributed by atoms with Crippen molar-refractivity contribution in [2.75, 3.05) is 19.6 Å². The average Bonchev–Trinajstić information content (AvgIpc) is 2.34. The summed E-state index contributed by atoms with van der Waals surface area (Å²) >= 11 is 0. The van der Waals surface area contributed by atoms with E-state index in [-0.39, 0.29) is 5.91 Å². The van der Waals surface area contributed by atoms with Gasteiger partial charge < -0.3 is 10.2 Å². The summed E-state index contributed by atoms with van der Waals surface area (Å²) in [6.45, 7) is 8.49. The molecule has 0 bridgehead atoms. The maximum atomic E-state index is 11.4. The molecule has 2 rings (SSSR count). The summed E-state index contributed by atoms with van der Waals surface area (Å²) in [5.41, 5.74) is 4.02. The first-order valence-corrected chi connectivity index (χ1v) is 6.61. The molecule has 0 spiro atoms. The minimum atomic E-state index is 0.182. The van der Waals surface area contributed by atoms with Gasteiger partial charge in [-0.25, -0.2) is 0 Å². The number of nitrogens with one attached hydrogen (secondary N) is 1. The van der Waals surface area contributed by atoms with Crippen LogP contribution >= 0.6 is 0 Å². The molecule has 0 radical (unpaired) electrons. The predicted octanol–water partition coefficient (Wildman–Crippen LogP) is 1.67. The van der Waals surface area contributed by atoms with Crippen molar-refractivity contribution in [3.8, 4) is 0 Å². The molecule has 0 saturated carbocycles. The minimum Gasteiger partial charge on any atom is -0.340 e. The van der Waals surface area contributed by atoms with E-state index in [1.54, 1.807) is 6.92 Å². The van der Waals surface area contributed by atoms with Crippen LogP contribution in [0.25, 0.3) is 0 Å². The van der Waals surface area contributed by atoms with Gasteiger partial charge in [-0.3, -0.25) is 4.79 Å². The maximum Gasteiger partial charge on any atom is 0.219 e. The molecule has 18 heavy (non-hydrogen) atoms. The summed E-state index contributed by atoms with van der Waals surface area (Å²) in [7, 11) is 0. The summed E-state index contributed by atoms with van der Waals surface area (Å²) in [5, 5.41) is 3.49. The van der Waals surface area contributed by atoms with Crippen LogP contribution in [0.1, 0.15) is 23.6 Å². The van der Waals surface area contributed by atoms with E-state index in [9.17, 15) is 4.79 Å². The van der Waals surface area contributed by atoms with Gasteiger partial charge >= 0.3 is 0 Å². The van der Waals surface area contributed by atoms with E-state index < -0.39 is 0 Å². The monoisotopic (exact) mass is 246 g/mol. The van der Waals surface area contributed by atoms with Gasteiger partial charge in [0.15, 0.2) is 0 Å². The zero-order valence-corrected chi connectivity index (χ0v) is 11.5. The number of hydrogen-bond donors (Lipinski definition) is 1. The number of piperazine rings is 1. The second-order valence-corrected chi connectivity index (χ2v) is 5.24. The van der Waals surface area contributed by atoms with Gasteiger partial charge in [0.2, 0.25) is 5.91 Å². The highest BCUT2D eigenvalue weighted by Gasteiger charge is 2.20. The van der Waals surface area contributed by atoms with E-state index in [0.717, 1.165) is 26.1 Å². The van der Waals surface area contributed by atoms with E-state index in [1.807, 2.05) is 4.90 Å². The molecular weight excluding hydrogens is 224 g/mol. The zero-order chi connectivity index (χ0) is 13.1. The average molecular weight is 246 g/mol. The Morgan fingerprint density at radius 2 is 2.17 bits per heavy atom. The molecular formula is C15H22N2O. The van der Waals surface area contributed by atoms with Crippen molar-refractivity contribution in [1.82, 2.24) is 10.2 Å². The van der Waals surface area contributed by atoms with E-state index in [0.29, 0.717) is 6.04 Å². The van der Waals surface area contributed by atoms with Gasteiger partial charge in [-0.15, -0.1) is 0 Å². The van der Waals surface area contributed by atoms with Crippen LogP contribution in [0.5, 0.6) is 0 Å². The quantitative estimate of drug-likeness (QED) is 0.861. The fourth-order valence-corrected chi connectivity index (χ4v) is 2.46. The van der Waals surface area contributed by atoms with Crippen LogP contribution < -0.4 is 5.32 Å². The molecule has 1 unspecified atom stereocenters. The lowest BCUT2D eigenvalue weighted by atomic mass is 10.00. The van der Waals surface area contributed by atoms with Crippen molar-refractivity contribution in [3.05, 3.63) is 34.9 Å². The van der Waals surface area contributed by atoms with Gasteiger partial charge in [0.05, 0.1) is 0 Å². The van der Waals surface area contributed by atoms with Crippen molar-refractivity contribution in [1.29, 1.82) is 0 Å². The summed E-state index contributed by atoms with van der Waals surface area (Å²) in [4.78, 5) is 13.3. The fourth-order valence-electron chi connectivity index (χ4n) is 2.46. The van der Waals surface area contributed by atoms with Crippen molar-refractivity contribution >= 4 is 5.91 Å². The topological polar surface area (TPSA) is 32.3 Å². The molecule has 1 fully saturated rings. The Morgan fingerprint density at radius 1 is 1.39 bits per heavy atom. The summed E-state index contributed by atoms with van der Waals surface area (Å²) in [5.74, 6) is 0.182. The third-order valence-corrected chi connectivity index (χ3v) is 3.75.